The first-order valence-corrected chi connectivity index (χ1v) is 6.84. The van der Waals surface area contributed by atoms with E-state index in [0.717, 1.165) is 28.9 Å². The molecular formula is C17H21NO2. The van der Waals surface area contributed by atoms with E-state index < -0.39 is 6.10 Å². The van der Waals surface area contributed by atoms with Gasteiger partial charge in [-0.1, -0.05) is 6.07 Å². The van der Waals surface area contributed by atoms with Crippen LogP contribution in [0.1, 0.15) is 34.8 Å². The standard InChI is InChI=1S/C17H21NO2/c1-12-10-13(2)17(16(11-12)20-3)15(19)5-4-14-6-8-18-9-7-14/h6-11,15,19H,4-5H2,1-3H3. The molecule has 3 nitrogen and oxygen atoms in total. The van der Waals surface area contributed by atoms with Crippen molar-refractivity contribution in [2.24, 2.45) is 0 Å². The Balaban J connectivity index is 2.15. The lowest BCUT2D eigenvalue weighted by Crippen LogP contribution is -2.05. The van der Waals surface area contributed by atoms with Gasteiger partial charge in [0.25, 0.3) is 0 Å². The lowest BCUT2D eigenvalue weighted by molar-refractivity contribution is 0.163. The molecule has 0 spiro atoms. The van der Waals surface area contributed by atoms with Gasteiger partial charge in [0.2, 0.25) is 0 Å². The lowest BCUT2D eigenvalue weighted by Gasteiger charge is -2.18. The second-order valence-electron chi connectivity index (χ2n) is 5.11. The number of aliphatic hydroxyl groups is 1. The van der Waals surface area contributed by atoms with E-state index in [1.54, 1.807) is 19.5 Å². The van der Waals surface area contributed by atoms with E-state index in [1.807, 2.05) is 32.0 Å². The van der Waals surface area contributed by atoms with Crippen molar-refractivity contribution >= 4 is 0 Å². The Labute approximate surface area is 120 Å². The summed E-state index contributed by atoms with van der Waals surface area (Å²) in [5.74, 6) is 0.768. The van der Waals surface area contributed by atoms with Crippen molar-refractivity contribution < 1.29 is 9.84 Å². The van der Waals surface area contributed by atoms with Gasteiger partial charge in [0.1, 0.15) is 5.75 Å². The molecule has 0 fully saturated rings. The summed E-state index contributed by atoms with van der Waals surface area (Å²) >= 11 is 0. The fourth-order valence-electron chi connectivity index (χ4n) is 2.53. The zero-order chi connectivity index (χ0) is 14.5. The van der Waals surface area contributed by atoms with Crippen LogP contribution in [-0.4, -0.2) is 17.2 Å². The van der Waals surface area contributed by atoms with Crippen molar-refractivity contribution in [2.45, 2.75) is 32.8 Å². The molecule has 1 aromatic carbocycles. The van der Waals surface area contributed by atoms with Crippen LogP contribution in [-0.2, 0) is 6.42 Å². The molecule has 1 unspecified atom stereocenters. The molecule has 2 rings (SSSR count). The van der Waals surface area contributed by atoms with Gasteiger partial charge in [-0.25, -0.2) is 0 Å². The first-order chi connectivity index (χ1) is 9.61. The number of hydrogen-bond acceptors (Lipinski definition) is 3. The van der Waals surface area contributed by atoms with Crippen LogP contribution in [0, 0.1) is 13.8 Å². The number of pyridine rings is 1. The Morgan fingerprint density at radius 2 is 1.90 bits per heavy atom. The molecule has 1 aromatic heterocycles. The molecule has 1 N–H and O–H groups in total. The molecule has 0 aliphatic carbocycles. The molecule has 1 heterocycles. The average molecular weight is 271 g/mol. The van der Waals surface area contributed by atoms with Gasteiger partial charge in [-0.15, -0.1) is 0 Å². The van der Waals surface area contributed by atoms with E-state index >= 15 is 0 Å². The van der Waals surface area contributed by atoms with E-state index in [0.29, 0.717) is 6.42 Å². The highest BCUT2D eigenvalue weighted by molar-refractivity contribution is 5.44. The second-order valence-corrected chi connectivity index (χ2v) is 5.11. The first-order valence-electron chi connectivity index (χ1n) is 6.84. The Morgan fingerprint density at radius 3 is 2.55 bits per heavy atom. The van der Waals surface area contributed by atoms with Gasteiger partial charge in [0, 0.05) is 18.0 Å². The van der Waals surface area contributed by atoms with Crippen LogP contribution in [0.15, 0.2) is 36.7 Å². The second kappa shape index (κ2) is 6.53. The van der Waals surface area contributed by atoms with Crippen molar-refractivity contribution in [3.05, 3.63) is 58.9 Å². The van der Waals surface area contributed by atoms with Crippen molar-refractivity contribution in [1.29, 1.82) is 0 Å². The normalized spacial score (nSPS) is 12.2. The summed E-state index contributed by atoms with van der Waals surface area (Å²) in [6.45, 7) is 4.04. The summed E-state index contributed by atoms with van der Waals surface area (Å²) in [7, 11) is 1.65. The molecule has 106 valence electrons. The number of rotatable bonds is 5. The number of hydrogen-bond donors (Lipinski definition) is 1. The molecule has 0 amide bonds. The van der Waals surface area contributed by atoms with Crippen LogP contribution in [0.25, 0.3) is 0 Å². The summed E-state index contributed by atoms with van der Waals surface area (Å²) in [6.07, 6.45) is 4.53. The van der Waals surface area contributed by atoms with Gasteiger partial charge in [0.05, 0.1) is 13.2 Å². The molecular weight excluding hydrogens is 250 g/mol. The number of benzene rings is 1. The fourth-order valence-corrected chi connectivity index (χ4v) is 2.53. The Hall–Kier alpha value is -1.87. The maximum Gasteiger partial charge on any atom is 0.125 e. The minimum absolute atomic E-state index is 0.515. The first kappa shape index (κ1) is 14.5. The van der Waals surface area contributed by atoms with Crippen molar-refractivity contribution in [3.8, 4) is 5.75 Å². The molecule has 0 saturated heterocycles. The van der Waals surface area contributed by atoms with Crippen LogP contribution in [0.5, 0.6) is 5.75 Å². The van der Waals surface area contributed by atoms with Gasteiger partial charge in [0.15, 0.2) is 0 Å². The smallest absolute Gasteiger partial charge is 0.125 e. The Kier molecular flexibility index (Phi) is 4.74. The van der Waals surface area contributed by atoms with E-state index in [9.17, 15) is 5.11 Å². The van der Waals surface area contributed by atoms with E-state index in [4.69, 9.17) is 4.74 Å². The summed E-state index contributed by atoms with van der Waals surface area (Å²) in [6, 6.07) is 8.00. The predicted molar refractivity (Wildman–Crippen MR) is 80.0 cm³/mol. The monoisotopic (exact) mass is 271 g/mol. The maximum atomic E-state index is 10.5. The van der Waals surface area contributed by atoms with Gasteiger partial charge >= 0.3 is 0 Å². The molecule has 1 atom stereocenters. The molecule has 0 aliphatic heterocycles. The number of nitrogens with zero attached hydrogens (tertiary/aromatic N) is 1. The van der Waals surface area contributed by atoms with E-state index in [2.05, 4.69) is 11.1 Å². The zero-order valence-electron chi connectivity index (χ0n) is 12.3. The number of aliphatic hydroxyl groups excluding tert-OH is 1. The molecule has 0 bridgehead atoms. The van der Waals surface area contributed by atoms with Gasteiger partial charge in [-0.05, 0) is 61.6 Å². The van der Waals surface area contributed by atoms with E-state index in [-0.39, 0.29) is 0 Å². The Morgan fingerprint density at radius 1 is 1.20 bits per heavy atom. The van der Waals surface area contributed by atoms with Gasteiger partial charge in [-0.2, -0.15) is 0 Å². The highest BCUT2D eigenvalue weighted by atomic mass is 16.5. The quantitative estimate of drug-likeness (QED) is 0.906. The minimum atomic E-state index is -0.515. The number of methoxy groups -OCH3 is 1. The maximum absolute atomic E-state index is 10.5. The molecule has 20 heavy (non-hydrogen) atoms. The molecule has 0 saturated carbocycles. The third-order valence-electron chi connectivity index (χ3n) is 3.50. The van der Waals surface area contributed by atoms with Crippen molar-refractivity contribution in [2.75, 3.05) is 7.11 Å². The predicted octanol–water partition coefficient (Wildman–Crippen LogP) is 3.37. The number of aryl methyl sites for hydroxylation is 3. The fraction of sp³-hybridized carbons (Fsp3) is 0.353. The summed E-state index contributed by atoms with van der Waals surface area (Å²) in [4.78, 5) is 4.00. The third kappa shape index (κ3) is 3.36. The van der Waals surface area contributed by atoms with Crippen molar-refractivity contribution in [3.63, 3.8) is 0 Å². The third-order valence-corrected chi connectivity index (χ3v) is 3.50. The van der Waals surface area contributed by atoms with Crippen LogP contribution in [0.2, 0.25) is 0 Å². The largest absolute Gasteiger partial charge is 0.496 e. The summed E-state index contributed by atoms with van der Waals surface area (Å²) < 4.78 is 5.41. The highest BCUT2D eigenvalue weighted by Crippen LogP contribution is 2.32. The number of ether oxygens (including phenoxy) is 1. The highest BCUT2D eigenvalue weighted by Gasteiger charge is 2.16. The average Bonchev–Trinajstić information content (AvgIpc) is 2.45. The van der Waals surface area contributed by atoms with Gasteiger partial charge in [-0.3, -0.25) is 4.98 Å². The van der Waals surface area contributed by atoms with Crippen LogP contribution in [0.4, 0.5) is 0 Å². The van der Waals surface area contributed by atoms with Gasteiger partial charge < -0.3 is 9.84 Å². The molecule has 3 heteroatoms. The van der Waals surface area contributed by atoms with E-state index in [1.165, 1.54) is 5.56 Å². The molecule has 0 radical (unpaired) electrons. The minimum Gasteiger partial charge on any atom is -0.496 e. The van der Waals surface area contributed by atoms with Crippen LogP contribution in [0.3, 0.4) is 0 Å². The van der Waals surface area contributed by atoms with Crippen LogP contribution >= 0.6 is 0 Å². The zero-order valence-corrected chi connectivity index (χ0v) is 12.3. The Bertz CT molecular complexity index is 567. The molecule has 2 aromatic rings. The van der Waals surface area contributed by atoms with Crippen molar-refractivity contribution in [1.82, 2.24) is 4.98 Å². The summed E-state index contributed by atoms with van der Waals surface area (Å²) in [5.41, 5.74) is 4.29. The SMILES string of the molecule is COc1cc(C)cc(C)c1C(O)CCc1ccncc1. The van der Waals surface area contributed by atoms with Crippen LogP contribution < -0.4 is 4.74 Å². The number of aromatic nitrogens is 1. The molecule has 0 aliphatic rings. The topological polar surface area (TPSA) is 42.4 Å². The lowest BCUT2D eigenvalue weighted by atomic mass is 9.95. The summed E-state index contributed by atoms with van der Waals surface area (Å²) in [5, 5.41) is 10.5.